The predicted molar refractivity (Wildman–Crippen MR) is 35.1 cm³/mol. The standard InChI is InChI=1S/C6H11F2NO/c1-2-3-9-4-6(7,8)5-10/h2,9-10H,1,3-5H2. The van der Waals surface area contributed by atoms with Crippen molar-refractivity contribution in [3.05, 3.63) is 12.7 Å². The molecule has 0 radical (unpaired) electrons. The van der Waals surface area contributed by atoms with Crippen LogP contribution in [0, 0.1) is 0 Å². The number of rotatable bonds is 5. The highest BCUT2D eigenvalue weighted by atomic mass is 19.3. The maximum atomic E-state index is 12.1. The quantitative estimate of drug-likeness (QED) is 0.440. The third-order valence-corrected chi connectivity index (χ3v) is 0.904. The number of hydrogen-bond donors (Lipinski definition) is 2. The Morgan fingerprint density at radius 1 is 1.60 bits per heavy atom. The summed E-state index contributed by atoms with van der Waals surface area (Å²) in [7, 11) is 0. The number of aliphatic hydroxyl groups excluding tert-OH is 1. The summed E-state index contributed by atoms with van der Waals surface area (Å²) in [6.45, 7) is 2.05. The molecule has 60 valence electrons. The van der Waals surface area contributed by atoms with Crippen molar-refractivity contribution in [2.45, 2.75) is 5.92 Å². The molecule has 0 aromatic heterocycles. The van der Waals surface area contributed by atoms with E-state index in [0.717, 1.165) is 0 Å². The molecule has 0 aliphatic carbocycles. The summed E-state index contributed by atoms with van der Waals surface area (Å²) in [6.07, 6.45) is 1.48. The van der Waals surface area contributed by atoms with Crippen LogP contribution in [-0.4, -0.2) is 30.7 Å². The summed E-state index contributed by atoms with van der Waals surface area (Å²) in [5.41, 5.74) is 0. The van der Waals surface area contributed by atoms with E-state index >= 15 is 0 Å². The normalized spacial score (nSPS) is 11.5. The molecule has 0 saturated heterocycles. The molecule has 0 saturated carbocycles. The van der Waals surface area contributed by atoms with Gasteiger partial charge in [-0.15, -0.1) is 6.58 Å². The predicted octanol–water partition coefficient (Wildman–Crippen LogP) is 0.390. The number of hydrogen-bond acceptors (Lipinski definition) is 2. The summed E-state index contributed by atoms with van der Waals surface area (Å²) in [5, 5.41) is 10.5. The fraction of sp³-hybridized carbons (Fsp3) is 0.667. The molecule has 0 aliphatic heterocycles. The van der Waals surface area contributed by atoms with E-state index in [-0.39, 0.29) is 0 Å². The molecule has 10 heavy (non-hydrogen) atoms. The minimum atomic E-state index is -3.01. The number of halogens is 2. The molecule has 0 aromatic rings. The van der Waals surface area contributed by atoms with Gasteiger partial charge in [0.15, 0.2) is 0 Å². The highest BCUT2D eigenvalue weighted by molar-refractivity contribution is 4.74. The lowest BCUT2D eigenvalue weighted by molar-refractivity contribution is -0.0468. The Labute approximate surface area is 58.5 Å². The molecule has 0 atom stereocenters. The van der Waals surface area contributed by atoms with Gasteiger partial charge in [0.2, 0.25) is 0 Å². The molecule has 0 rings (SSSR count). The average Bonchev–Trinajstić information content (AvgIpc) is 1.89. The summed E-state index contributed by atoms with van der Waals surface area (Å²) < 4.78 is 24.3. The van der Waals surface area contributed by atoms with Gasteiger partial charge in [0.1, 0.15) is 6.61 Å². The van der Waals surface area contributed by atoms with Gasteiger partial charge in [0.25, 0.3) is 5.92 Å². The van der Waals surface area contributed by atoms with E-state index in [2.05, 4.69) is 11.9 Å². The van der Waals surface area contributed by atoms with E-state index in [0.29, 0.717) is 6.54 Å². The van der Waals surface area contributed by atoms with Crippen LogP contribution in [0.5, 0.6) is 0 Å². The number of aliphatic hydroxyl groups is 1. The first-order chi connectivity index (χ1) is 4.62. The van der Waals surface area contributed by atoms with Gasteiger partial charge in [-0.05, 0) is 0 Å². The van der Waals surface area contributed by atoms with Crippen LogP contribution >= 0.6 is 0 Å². The first-order valence-corrected chi connectivity index (χ1v) is 2.92. The molecule has 0 bridgehead atoms. The second-order valence-corrected chi connectivity index (χ2v) is 1.93. The largest absolute Gasteiger partial charge is 0.390 e. The van der Waals surface area contributed by atoms with Gasteiger partial charge in [-0.3, -0.25) is 0 Å². The fourth-order valence-corrected chi connectivity index (χ4v) is 0.413. The van der Waals surface area contributed by atoms with Gasteiger partial charge in [-0.25, -0.2) is 8.78 Å². The molecule has 0 unspecified atom stereocenters. The second kappa shape index (κ2) is 4.35. The van der Waals surface area contributed by atoms with E-state index in [1.807, 2.05) is 0 Å². The smallest absolute Gasteiger partial charge is 0.282 e. The molecular formula is C6H11F2NO. The van der Waals surface area contributed by atoms with Gasteiger partial charge >= 0.3 is 0 Å². The molecule has 0 fully saturated rings. The van der Waals surface area contributed by atoms with Crippen molar-refractivity contribution in [3.63, 3.8) is 0 Å². The van der Waals surface area contributed by atoms with Crippen LogP contribution in [0.25, 0.3) is 0 Å². The minimum absolute atomic E-state index is 0.329. The van der Waals surface area contributed by atoms with Crippen molar-refractivity contribution in [1.82, 2.24) is 5.32 Å². The lowest BCUT2D eigenvalue weighted by atomic mass is 10.3. The lowest BCUT2D eigenvalue weighted by Crippen LogP contribution is -2.35. The van der Waals surface area contributed by atoms with Crippen LogP contribution in [0.2, 0.25) is 0 Å². The number of alkyl halides is 2. The van der Waals surface area contributed by atoms with Crippen LogP contribution in [0.4, 0.5) is 8.78 Å². The summed E-state index contributed by atoms with van der Waals surface area (Å²) in [5.74, 6) is -3.01. The maximum absolute atomic E-state index is 12.1. The topological polar surface area (TPSA) is 32.3 Å². The van der Waals surface area contributed by atoms with Crippen molar-refractivity contribution in [3.8, 4) is 0 Å². The third kappa shape index (κ3) is 4.40. The first kappa shape index (κ1) is 9.52. The Morgan fingerprint density at radius 3 is 2.60 bits per heavy atom. The Balaban J connectivity index is 3.36. The van der Waals surface area contributed by atoms with Gasteiger partial charge in [0, 0.05) is 6.54 Å². The highest BCUT2D eigenvalue weighted by Crippen LogP contribution is 2.09. The summed E-state index contributed by atoms with van der Waals surface area (Å²) >= 11 is 0. The zero-order chi connectivity index (χ0) is 8.04. The van der Waals surface area contributed by atoms with E-state index in [1.54, 1.807) is 0 Å². The minimum Gasteiger partial charge on any atom is -0.390 e. The number of nitrogens with one attached hydrogen (secondary N) is 1. The molecule has 0 amide bonds. The van der Waals surface area contributed by atoms with Crippen molar-refractivity contribution >= 4 is 0 Å². The van der Waals surface area contributed by atoms with E-state index in [1.165, 1.54) is 6.08 Å². The van der Waals surface area contributed by atoms with E-state index in [4.69, 9.17) is 5.11 Å². The van der Waals surface area contributed by atoms with Crippen LogP contribution in [0.3, 0.4) is 0 Å². The second-order valence-electron chi connectivity index (χ2n) is 1.93. The summed E-state index contributed by atoms with van der Waals surface area (Å²) in [4.78, 5) is 0. The SMILES string of the molecule is C=CCNCC(F)(F)CO. The summed E-state index contributed by atoms with van der Waals surface area (Å²) in [6, 6.07) is 0. The molecule has 0 aromatic carbocycles. The zero-order valence-corrected chi connectivity index (χ0v) is 5.61. The van der Waals surface area contributed by atoms with Crippen LogP contribution in [-0.2, 0) is 0 Å². The average molecular weight is 151 g/mol. The third-order valence-electron chi connectivity index (χ3n) is 0.904. The zero-order valence-electron chi connectivity index (χ0n) is 5.61. The van der Waals surface area contributed by atoms with Crippen LogP contribution in [0.1, 0.15) is 0 Å². The van der Waals surface area contributed by atoms with Crippen molar-refractivity contribution in [1.29, 1.82) is 0 Å². The Morgan fingerprint density at radius 2 is 2.20 bits per heavy atom. The van der Waals surface area contributed by atoms with Crippen LogP contribution < -0.4 is 5.32 Å². The fourth-order valence-electron chi connectivity index (χ4n) is 0.413. The Bertz CT molecular complexity index is 106. The van der Waals surface area contributed by atoms with Crippen molar-refractivity contribution in [2.75, 3.05) is 19.7 Å². The Kier molecular flexibility index (Phi) is 4.14. The molecular weight excluding hydrogens is 140 g/mol. The highest BCUT2D eigenvalue weighted by Gasteiger charge is 2.26. The van der Waals surface area contributed by atoms with Crippen LogP contribution in [0.15, 0.2) is 12.7 Å². The van der Waals surface area contributed by atoms with Gasteiger partial charge in [-0.2, -0.15) is 0 Å². The lowest BCUT2D eigenvalue weighted by Gasteiger charge is -2.12. The molecule has 0 spiro atoms. The van der Waals surface area contributed by atoms with E-state index in [9.17, 15) is 8.78 Å². The van der Waals surface area contributed by atoms with E-state index < -0.39 is 19.1 Å². The maximum Gasteiger partial charge on any atom is 0.282 e. The molecule has 4 heteroatoms. The first-order valence-electron chi connectivity index (χ1n) is 2.92. The van der Waals surface area contributed by atoms with Gasteiger partial charge in [0.05, 0.1) is 6.54 Å². The monoisotopic (exact) mass is 151 g/mol. The molecule has 0 heterocycles. The molecule has 2 nitrogen and oxygen atoms in total. The Hall–Kier alpha value is -0.480. The van der Waals surface area contributed by atoms with Gasteiger partial charge < -0.3 is 10.4 Å². The molecule has 2 N–H and O–H groups in total. The van der Waals surface area contributed by atoms with Gasteiger partial charge in [-0.1, -0.05) is 6.08 Å². The van der Waals surface area contributed by atoms with Crippen molar-refractivity contribution in [2.24, 2.45) is 0 Å². The van der Waals surface area contributed by atoms with Crippen molar-refractivity contribution < 1.29 is 13.9 Å². The molecule has 0 aliphatic rings.